The monoisotopic (exact) mass is 694 g/mol. The van der Waals surface area contributed by atoms with Crippen molar-refractivity contribution in [2.24, 2.45) is 17.8 Å². The minimum absolute atomic E-state index is 0.0132. The summed E-state index contributed by atoms with van der Waals surface area (Å²) in [5.41, 5.74) is 0. The number of unbranched alkanes of at least 4 members (excludes halogenated alkanes) is 14. The first-order valence-electron chi connectivity index (χ1n) is 20.6. The van der Waals surface area contributed by atoms with Crippen molar-refractivity contribution in [3.8, 4) is 0 Å². The first-order valence-corrected chi connectivity index (χ1v) is 20.6. The van der Waals surface area contributed by atoms with Crippen molar-refractivity contribution in [2.45, 2.75) is 182 Å². The number of allylic oxidation sites excluding steroid dienone is 2. The fraction of sp³-hybridized carbons (Fsp3) is 0.860. The lowest BCUT2D eigenvalue weighted by atomic mass is 9.90. The number of hydrogen-bond acceptors (Lipinski definition) is 5. The van der Waals surface area contributed by atoms with Crippen LogP contribution in [0.25, 0.3) is 0 Å². The zero-order valence-corrected chi connectivity index (χ0v) is 33.4. The normalized spacial score (nSPS) is 13.4. The molecular weight excluding hydrogens is 610 g/mol. The minimum Gasteiger partial charge on any atom is -0.483 e. The van der Waals surface area contributed by atoms with Crippen LogP contribution in [0, 0.1) is 17.8 Å². The van der Waals surface area contributed by atoms with Crippen molar-refractivity contribution < 1.29 is 24.2 Å². The third-order valence-electron chi connectivity index (χ3n) is 9.40. The van der Waals surface area contributed by atoms with E-state index in [-0.39, 0.29) is 18.4 Å². The van der Waals surface area contributed by atoms with Gasteiger partial charge >= 0.3 is 5.97 Å². The van der Waals surface area contributed by atoms with E-state index in [1.165, 1.54) is 141 Å². The minimum atomic E-state index is -0.250. The van der Waals surface area contributed by atoms with Crippen LogP contribution in [-0.4, -0.2) is 62.9 Å². The maximum atomic E-state index is 12.3. The molecule has 0 aliphatic rings. The molecular formula is C43H83NO5. The highest BCUT2D eigenvalue weighted by atomic mass is 16.5. The highest BCUT2D eigenvalue weighted by molar-refractivity contribution is 5.72. The molecule has 0 aliphatic heterocycles. The largest absolute Gasteiger partial charge is 0.483 e. The molecule has 3 atom stereocenters. The summed E-state index contributed by atoms with van der Waals surface area (Å²) < 4.78 is 11.4. The predicted molar refractivity (Wildman–Crippen MR) is 211 cm³/mol. The summed E-state index contributed by atoms with van der Waals surface area (Å²) in [5, 5.41) is 6.89. The van der Waals surface area contributed by atoms with E-state index in [1.807, 2.05) is 13.0 Å². The molecule has 0 saturated heterocycles. The number of carbonyl (C=O) groups excluding carboxylic acids is 1. The maximum absolute atomic E-state index is 12.3. The van der Waals surface area contributed by atoms with Gasteiger partial charge < -0.3 is 19.5 Å². The van der Waals surface area contributed by atoms with Gasteiger partial charge in [0.1, 0.15) is 6.61 Å². The molecule has 0 heterocycles. The highest BCUT2D eigenvalue weighted by Gasteiger charge is 2.14. The zero-order chi connectivity index (χ0) is 36.6. The van der Waals surface area contributed by atoms with Gasteiger partial charge in [-0.3, -0.25) is 9.59 Å². The van der Waals surface area contributed by atoms with E-state index in [4.69, 9.17) is 19.4 Å². The van der Waals surface area contributed by atoms with Crippen LogP contribution in [0.15, 0.2) is 24.3 Å². The summed E-state index contributed by atoms with van der Waals surface area (Å²) in [7, 11) is 4.38. The van der Waals surface area contributed by atoms with E-state index in [9.17, 15) is 4.79 Å². The topological polar surface area (TPSA) is 76.1 Å². The van der Waals surface area contributed by atoms with Crippen molar-refractivity contribution in [3.05, 3.63) is 24.3 Å². The SMILES string of the molecule is CCCCCC/C=C\COCC(C)CCCCCCC(CCCCCCC(C)C(=O)OC/C=C\CCCCCC)CCCN(C)C.O=CO. The third kappa shape index (κ3) is 40.7. The second-order valence-corrected chi connectivity index (χ2v) is 14.7. The fourth-order valence-corrected chi connectivity index (χ4v) is 6.21. The summed E-state index contributed by atoms with van der Waals surface area (Å²) in [5.74, 6) is 1.52. The molecule has 0 aromatic heterocycles. The van der Waals surface area contributed by atoms with Gasteiger partial charge in [-0.1, -0.05) is 155 Å². The number of hydrogen-bond donors (Lipinski definition) is 1. The van der Waals surface area contributed by atoms with Crippen LogP contribution in [0.5, 0.6) is 0 Å². The molecule has 0 radical (unpaired) electrons. The Morgan fingerprint density at radius 2 is 1.10 bits per heavy atom. The van der Waals surface area contributed by atoms with Crippen LogP contribution >= 0.6 is 0 Å². The molecule has 290 valence electrons. The summed E-state index contributed by atoms with van der Waals surface area (Å²) in [6, 6.07) is 0. The second-order valence-electron chi connectivity index (χ2n) is 14.7. The molecule has 0 fully saturated rings. The van der Waals surface area contributed by atoms with E-state index < -0.39 is 0 Å². The number of ether oxygens (including phenoxy) is 2. The smallest absolute Gasteiger partial charge is 0.308 e. The molecule has 49 heavy (non-hydrogen) atoms. The first-order chi connectivity index (χ1) is 23.8. The lowest BCUT2D eigenvalue weighted by molar-refractivity contribution is -0.146. The van der Waals surface area contributed by atoms with Crippen molar-refractivity contribution in [1.29, 1.82) is 0 Å². The van der Waals surface area contributed by atoms with E-state index in [0.717, 1.165) is 38.4 Å². The van der Waals surface area contributed by atoms with E-state index in [2.05, 4.69) is 58.0 Å². The van der Waals surface area contributed by atoms with Gasteiger partial charge in [0.05, 0.1) is 12.5 Å². The number of esters is 1. The Kier molecular flexibility index (Phi) is 41.1. The Morgan fingerprint density at radius 3 is 1.63 bits per heavy atom. The molecule has 0 spiro atoms. The molecule has 0 saturated carbocycles. The Hall–Kier alpha value is -1.66. The highest BCUT2D eigenvalue weighted by Crippen LogP contribution is 2.24. The van der Waals surface area contributed by atoms with E-state index >= 15 is 0 Å². The first kappa shape index (κ1) is 49.5. The molecule has 0 amide bonds. The van der Waals surface area contributed by atoms with Gasteiger partial charge in [0.15, 0.2) is 0 Å². The van der Waals surface area contributed by atoms with E-state index in [0.29, 0.717) is 12.5 Å². The fourth-order valence-electron chi connectivity index (χ4n) is 6.21. The van der Waals surface area contributed by atoms with Crippen molar-refractivity contribution >= 4 is 12.4 Å². The van der Waals surface area contributed by atoms with Crippen molar-refractivity contribution in [3.63, 3.8) is 0 Å². The Labute approximate surface area is 305 Å². The summed E-state index contributed by atoms with van der Waals surface area (Å²) in [6.45, 7) is 11.9. The van der Waals surface area contributed by atoms with E-state index in [1.54, 1.807) is 0 Å². The van der Waals surface area contributed by atoms with Crippen molar-refractivity contribution in [1.82, 2.24) is 4.90 Å². The summed E-state index contributed by atoms with van der Waals surface area (Å²) >= 11 is 0. The lowest BCUT2D eigenvalue weighted by Crippen LogP contribution is -2.15. The Morgan fingerprint density at radius 1 is 0.633 bits per heavy atom. The van der Waals surface area contributed by atoms with Crippen LogP contribution in [0.1, 0.15) is 182 Å². The van der Waals surface area contributed by atoms with Crippen LogP contribution in [0.2, 0.25) is 0 Å². The molecule has 0 aromatic rings. The maximum Gasteiger partial charge on any atom is 0.308 e. The number of rotatable bonds is 35. The van der Waals surface area contributed by atoms with Gasteiger partial charge in [0.25, 0.3) is 6.47 Å². The Balaban J connectivity index is 0. The van der Waals surface area contributed by atoms with Gasteiger partial charge in [0, 0.05) is 6.61 Å². The van der Waals surface area contributed by atoms with Crippen LogP contribution in [0.4, 0.5) is 0 Å². The lowest BCUT2D eigenvalue weighted by Gasteiger charge is -2.18. The summed E-state index contributed by atoms with van der Waals surface area (Å²) in [4.78, 5) is 23.0. The predicted octanol–water partition coefficient (Wildman–Crippen LogP) is 12.2. The van der Waals surface area contributed by atoms with Gasteiger partial charge in [-0.05, 0) is 83.8 Å². The molecule has 0 aromatic carbocycles. The summed E-state index contributed by atoms with van der Waals surface area (Å²) in [6.07, 6.45) is 39.6. The van der Waals surface area contributed by atoms with Crippen LogP contribution in [-0.2, 0) is 19.1 Å². The molecule has 0 rings (SSSR count). The second kappa shape index (κ2) is 40.8. The van der Waals surface area contributed by atoms with Crippen LogP contribution < -0.4 is 0 Å². The number of carboxylic acid groups (broad SMARTS) is 1. The third-order valence-corrected chi connectivity index (χ3v) is 9.40. The average molecular weight is 694 g/mol. The van der Waals surface area contributed by atoms with Gasteiger partial charge in [0.2, 0.25) is 0 Å². The molecule has 0 bridgehead atoms. The average Bonchev–Trinajstić information content (AvgIpc) is 3.07. The zero-order valence-electron chi connectivity index (χ0n) is 33.4. The van der Waals surface area contributed by atoms with Crippen LogP contribution in [0.3, 0.4) is 0 Å². The quantitative estimate of drug-likeness (QED) is 0.0308. The molecule has 1 N–H and O–H groups in total. The molecule has 6 nitrogen and oxygen atoms in total. The van der Waals surface area contributed by atoms with Gasteiger partial charge in [-0.25, -0.2) is 0 Å². The molecule has 6 heteroatoms. The molecule has 0 aliphatic carbocycles. The van der Waals surface area contributed by atoms with Gasteiger partial charge in [-0.15, -0.1) is 0 Å². The standard InChI is InChI=1S/C42H81NO3.CH2O2/c1-7-9-11-13-15-21-27-36-45-38-39(3)30-23-17-19-25-32-41(34-29-35-43(5)6)33-26-20-18-24-31-40(4)42(44)46-37-28-22-16-14-12-10-8-2;2-1-3/h21-22,27-28,39-41H,7-20,23-26,29-38H2,1-6H3;1H,(H,2,3)/b27-21-,28-22-;. The number of carbonyl (C=O) groups is 2. The van der Waals surface area contributed by atoms with Crippen molar-refractivity contribution in [2.75, 3.05) is 40.5 Å². The number of nitrogens with zero attached hydrogens (tertiary/aromatic N) is 1. The Bertz CT molecular complexity index is 738. The molecule has 3 unspecified atom stereocenters. The van der Waals surface area contributed by atoms with Gasteiger partial charge in [-0.2, -0.15) is 0 Å².